The van der Waals surface area contributed by atoms with Crippen LogP contribution in [0.25, 0.3) is 0 Å². The maximum atomic E-state index is 10.2. The van der Waals surface area contributed by atoms with Crippen LogP contribution in [0.1, 0.15) is 34.0 Å². The first-order chi connectivity index (χ1) is 5.66. The van der Waals surface area contributed by atoms with Crippen LogP contribution in [0.3, 0.4) is 0 Å². The summed E-state index contributed by atoms with van der Waals surface area (Å²) in [6.45, 7) is 3.84. The van der Waals surface area contributed by atoms with Gasteiger partial charge in [0.15, 0.2) is 0 Å². The largest absolute Gasteiger partial charge is 1.00 e. The Morgan fingerprint density at radius 1 is 1.38 bits per heavy atom. The quantitative estimate of drug-likeness (QED) is 0.407. The number of carboxylic acids is 1. The molecule has 0 saturated heterocycles. The average Bonchev–Trinajstić information content (AvgIpc) is 2.01. The minimum atomic E-state index is -0.711. The number of carbonyl (C=O) groups is 1. The van der Waals surface area contributed by atoms with Gasteiger partial charge in [-0.25, -0.2) is 0 Å². The number of hydrogen-bond donors (Lipinski definition) is 1. The van der Waals surface area contributed by atoms with E-state index in [2.05, 4.69) is 11.8 Å². The first-order valence-corrected chi connectivity index (χ1v) is 4.57. The molecule has 0 bridgehead atoms. The monoisotopic (exact) mass is 197 g/mol. The van der Waals surface area contributed by atoms with Crippen molar-refractivity contribution in [2.45, 2.75) is 32.6 Å². The number of carboxylic acid groups (broad SMARTS) is 1. The van der Waals surface area contributed by atoms with Crippen LogP contribution in [0.15, 0.2) is 0 Å². The van der Waals surface area contributed by atoms with Gasteiger partial charge in [-0.05, 0) is 20.0 Å². The van der Waals surface area contributed by atoms with Gasteiger partial charge in [-0.2, -0.15) is 0 Å². The summed E-state index contributed by atoms with van der Waals surface area (Å²) in [5.41, 5.74) is 0. The molecule has 0 aliphatic carbocycles. The van der Waals surface area contributed by atoms with E-state index < -0.39 is 5.97 Å². The summed E-state index contributed by atoms with van der Waals surface area (Å²) in [6.07, 6.45) is 3.87. The number of hydrogen-bond acceptors (Lipinski definition) is 2. The van der Waals surface area contributed by atoms with Gasteiger partial charge in [-0.3, -0.25) is 4.79 Å². The summed E-state index contributed by atoms with van der Waals surface area (Å²) in [5.74, 6) is -0.711. The Kier molecular flexibility index (Phi) is 12.8. The van der Waals surface area contributed by atoms with E-state index in [-0.39, 0.29) is 37.4 Å². The SMILES string of the molecule is CCCCCN(C)CCC(=O)O.[H-].[Na+]. The number of nitrogens with zero attached hydrogens (tertiary/aromatic N) is 1. The van der Waals surface area contributed by atoms with Crippen molar-refractivity contribution in [1.29, 1.82) is 0 Å². The molecule has 74 valence electrons. The van der Waals surface area contributed by atoms with Gasteiger partial charge in [0.2, 0.25) is 0 Å². The predicted octanol–water partition coefficient (Wildman–Crippen LogP) is -1.30. The number of rotatable bonds is 7. The third-order valence-corrected chi connectivity index (χ3v) is 1.85. The second kappa shape index (κ2) is 10.5. The van der Waals surface area contributed by atoms with Gasteiger partial charge in [0.25, 0.3) is 0 Å². The maximum absolute atomic E-state index is 10.2. The minimum Gasteiger partial charge on any atom is -1.00 e. The Morgan fingerprint density at radius 3 is 2.46 bits per heavy atom. The van der Waals surface area contributed by atoms with Crippen molar-refractivity contribution in [2.24, 2.45) is 0 Å². The van der Waals surface area contributed by atoms with E-state index in [1.165, 1.54) is 19.3 Å². The molecule has 0 spiro atoms. The summed E-state index contributed by atoms with van der Waals surface area (Å²) >= 11 is 0. The van der Waals surface area contributed by atoms with E-state index in [9.17, 15) is 4.79 Å². The van der Waals surface area contributed by atoms with Gasteiger partial charge in [0.1, 0.15) is 0 Å². The molecular weight excluding hydrogens is 177 g/mol. The molecule has 0 radical (unpaired) electrons. The first-order valence-electron chi connectivity index (χ1n) is 4.57. The first kappa shape index (κ1) is 15.9. The summed E-state index contributed by atoms with van der Waals surface area (Å²) < 4.78 is 0. The van der Waals surface area contributed by atoms with Crippen LogP contribution in [0.2, 0.25) is 0 Å². The third kappa shape index (κ3) is 12.4. The molecule has 0 aliphatic heterocycles. The third-order valence-electron chi connectivity index (χ3n) is 1.85. The summed E-state index contributed by atoms with van der Waals surface area (Å²) in [7, 11) is 1.97. The van der Waals surface area contributed by atoms with Crippen molar-refractivity contribution in [3.8, 4) is 0 Å². The van der Waals surface area contributed by atoms with Crippen molar-refractivity contribution in [3.05, 3.63) is 0 Å². The molecule has 0 aliphatic rings. The van der Waals surface area contributed by atoms with Crippen LogP contribution in [-0.4, -0.2) is 36.1 Å². The molecule has 13 heavy (non-hydrogen) atoms. The van der Waals surface area contributed by atoms with E-state index in [0.717, 1.165) is 6.54 Å². The van der Waals surface area contributed by atoms with Crippen LogP contribution in [-0.2, 0) is 4.79 Å². The van der Waals surface area contributed by atoms with E-state index >= 15 is 0 Å². The molecule has 4 heteroatoms. The summed E-state index contributed by atoms with van der Waals surface area (Å²) in [6, 6.07) is 0. The molecule has 0 amide bonds. The molecule has 0 aromatic heterocycles. The maximum Gasteiger partial charge on any atom is 1.00 e. The van der Waals surface area contributed by atoms with Crippen molar-refractivity contribution >= 4 is 5.97 Å². The molecule has 0 saturated carbocycles. The fraction of sp³-hybridized carbons (Fsp3) is 0.889. The van der Waals surface area contributed by atoms with Gasteiger partial charge < -0.3 is 11.4 Å². The van der Waals surface area contributed by atoms with E-state index in [0.29, 0.717) is 6.54 Å². The van der Waals surface area contributed by atoms with Gasteiger partial charge in [0.05, 0.1) is 6.42 Å². The second-order valence-corrected chi connectivity index (χ2v) is 3.15. The zero-order valence-corrected chi connectivity index (χ0v) is 11.0. The normalized spacial score (nSPS) is 9.77. The van der Waals surface area contributed by atoms with Crippen molar-refractivity contribution in [2.75, 3.05) is 20.1 Å². The molecule has 0 rings (SSSR count). The molecule has 0 atom stereocenters. The minimum absolute atomic E-state index is 0. The molecule has 0 fully saturated rings. The molecule has 0 aromatic carbocycles. The van der Waals surface area contributed by atoms with Crippen LogP contribution in [0.5, 0.6) is 0 Å². The predicted molar refractivity (Wildman–Crippen MR) is 50.4 cm³/mol. The molecule has 3 nitrogen and oxygen atoms in total. The Balaban J connectivity index is -0.000000605. The zero-order valence-electron chi connectivity index (χ0n) is 10.0. The van der Waals surface area contributed by atoms with Gasteiger partial charge in [-0.15, -0.1) is 0 Å². The van der Waals surface area contributed by atoms with Gasteiger partial charge in [0, 0.05) is 6.54 Å². The average molecular weight is 197 g/mol. The van der Waals surface area contributed by atoms with Gasteiger partial charge >= 0.3 is 35.5 Å². The fourth-order valence-corrected chi connectivity index (χ4v) is 1.03. The number of aliphatic carboxylic acids is 1. The summed E-state index contributed by atoms with van der Waals surface area (Å²) in [4.78, 5) is 12.3. The fourth-order valence-electron chi connectivity index (χ4n) is 1.03. The molecule has 0 unspecified atom stereocenters. The van der Waals surface area contributed by atoms with Crippen molar-refractivity contribution in [3.63, 3.8) is 0 Å². The van der Waals surface area contributed by atoms with Crippen molar-refractivity contribution < 1.29 is 40.9 Å². The standard InChI is InChI=1S/C9H19NO2.Na.H/c1-3-4-5-7-10(2)8-6-9(11)12;;/h3-8H2,1-2H3,(H,11,12);;/q;+1;-1. The second-order valence-electron chi connectivity index (χ2n) is 3.15. The number of unbranched alkanes of at least 4 members (excludes halogenated alkanes) is 2. The summed E-state index contributed by atoms with van der Waals surface area (Å²) in [5, 5.41) is 8.41. The van der Waals surface area contributed by atoms with Gasteiger partial charge in [-0.1, -0.05) is 19.8 Å². The van der Waals surface area contributed by atoms with E-state index in [1.54, 1.807) is 0 Å². The Hall–Kier alpha value is 0.430. The molecule has 1 N–H and O–H groups in total. The smallest absolute Gasteiger partial charge is 1.00 e. The van der Waals surface area contributed by atoms with Crippen LogP contribution in [0.4, 0.5) is 0 Å². The molecule has 0 aromatic rings. The Labute approximate surface area is 104 Å². The zero-order chi connectivity index (χ0) is 9.40. The van der Waals surface area contributed by atoms with Crippen molar-refractivity contribution in [1.82, 2.24) is 4.90 Å². The topological polar surface area (TPSA) is 40.5 Å². The molecular formula is C9H20NNaO2. The van der Waals surface area contributed by atoms with E-state index in [1.807, 2.05) is 7.05 Å². The van der Waals surface area contributed by atoms with Crippen LogP contribution < -0.4 is 29.6 Å². The van der Waals surface area contributed by atoms with Crippen LogP contribution in [0, 0.1) is 0 Å². The van der Waals surface area contributed by atoms with Crippen LogP contribution >= 0.6 is 0 Å². The molecule has 0 heterocycles. The Morgan fingerprint density at radius 2 is 2.00 bits per heavy atom. The van der Waals surface area contributed by atoms with E-state index in [4.69, 9.17) is 5.11 Å². The Bertz CT molecular complexity index is 136.